The highest BCUT2D eigenvalue weighted by Gasteiger charge is 2.21. The maximum Gasteiger partial charge on any atom is 0.254 e. The van der Waals surface area contributed by atoms with Crippen molar-refractivity contribution in [1.29, 1.82) is 0 Å². The van der Waals surface area contributed by atoms with E-state index in [0.717, 1.165) is 32.7 Å². The molecule has 0 amide bonds. The molecule has 2 aromatic heterocycles. The first kappa shape index (κ1) is 23.7. The molecule has 9 heteroatoms. The first-order chi connectivity index (χ1) is 14.9. The fourth-order valence-corrected chi connectivity index (χ4v) is 4.04. The van der Waals surface area contributed by atoms with Crippen molar-refractivity contribution < 1.29 is 9.90 Å². The number of ketones is 1. The lowest BCUT2D eigenvalue weighted by Gasteiger charge is -2.36. The number of aromatic hydroxyl groups is 1. The highest BCUT2D eigenvalue weighted by molar-refractivity contribution is 5.97. The predicted molar refractivity (Wildman–Crippen MR) is 126 cm³/mol. The standard InChI is InChI=1S/C23H28N6O2.ClH/c1-16-6-4-5-7-20(16)28-12-10-27(11-13-28)9-8-21(30)19-15-24-29(18(19)3)23-25-17(2)14-22(31)26-23;/h4-7,14-15H,8-13H2,1-3H3,(H,25,26,31);1H. The summed E-state index contributed by atoms with van der Waals surface area (Å²) >= 11 is 0. The number of nitrogens with zero attached hydrogens (tertiary/aromatic N) is 6. The summed E-state index contributed by atoms with van der Waals surface area (Å²) in [4.78, 5) is 25.9. The number of aryl methyl sites for hydroxylation is 2. The molecule has 0 saturated carbocycles. The number of carbonyl (C=O) groups is 1. The summed E-state index contributed by atoms with van der Waals surface area (Å²) in [6.45, 7) is 10.3. The van der Waals surface area contributed by atoms with Crippen molar-refractivity contribution >= 4 is 23.9 Å². The molecule has 170 valence electrons. The molecule has 0 spiro atoms. The van der Waals surface area contributed by atoms with Crippen LogP contribution in [0.4, 0.5) is 5.69 Å². The van der Waals surface area contributed by atoms with Gasteiger partial charge in [0.25, 0.3) is 5.95 Å². The summed E-state index contributed by atoms with van der Waals surface area (Å²) in [5, 5.41) is 14.0. The topological polar surface area (TPSA) is 87.4 Å². The molecule has 0 atom stereocenters. The van der Waals surface area contributed by atoms with E-state index in [1.807, 2.05) is 6.92 Å². The smallest absolute Gasteiger partial charge is 0.254 e. The van der Waals surface area contributed by atoms with E-state index in [-0.39, 0.29) is 30.0 Å². The molecule has 0 aliphatic carbocycles. The number of halogens is 1. The summed E-state index contributed by atoms with van der Waals surface area (Å²) < 4.78 is 1.50. The van der Waals surface area contributed by atoms with Gasteiger partial charge < -0.3 is 10.0 Å². The van der Waals surface area contributed by atoms with Gasteiger partial charge in [-0.15, -0.1) is 12.4 Å². The Bertz CT molecular complexity index is 1070. The second-order valence-corrected chi connectivity index (χ2v) is 8.01. The lowest BCUT2D eigenvalue weighted by Crippen LogP contribution is -2.47. The van der Waals surface area contributed by atoms with Gasteiger partial charge in [-0.1, -0.05) is 18.2 Å². The number of anilines is 1. The van der Waals surface area contributed by atoms with Crippen LogP contribution in [0.5, 0.6) is 5.88 Å². The van der Waals surface area contributed by atoms with Crippen LogP contribution in [-0.4, -0.2) is 68.3 Å². The Labute approximate surface area is 194 Å². The highest BCUT2D eigenvalue weighted by atomic mass is 35.5. The van der Waals surface area contributed by atoms with Crippen molar-refractivity contribution in [3.63, 3.8) is 0 Å². The zero-order valence-electron chi connectivity index (χ0n) is 18.7. The molecule has 0 bridgehead atoms. The second-order valence-electron chi connectivity index (χ2n) is 8.01. The number of hydrogen-bond donors (Lipinski definition) is 1. The van der Waals surface area contributed by atoms with Crippen LogP contribution in [0.15, 0.2) is 36.5 Å². The molecular weight excluding hydrogens is 428 g/mol. The minimum Gasteiger partial charge on any atom is -0.493 e. The van der Waals surface area contributed by atoms with Gasteiger partial charge in [0, 0.05) is 56.6 Å². The van der Waals surface area contributed by atoms with E-state index in [0.29, 0.717) is 23.4 Å². The molecule has 1 N–H and O–H groups in total. The molecule has 3 aromatic rings. The molecule has 1 aliphatic heterocycles. The summed E-state index contributed by atoms with van der Waals surface area (Å²) in [5.74, 6) is 0.207. The van der Waals surface area contributed by atoms with Gasteiger partial charge in [-0.2, -0.15) is 10.1 Å². The predicted octanol–water partition coefficient (Wildman–Crippen LogP) is 3.11. The average Bonchev–Trinajstić information content (AvgIpc) is 3.13. The Balaban J connectivity index is 0.00000289. The Morgan fingerprint density at radius 3 is 2.47 bits per heavy atom. The fraction of sp³-hybridized carbons (Fsp3) is 0.391. The third kappa shape index (κ3) is 5.08. The Morgan fingerprint density at radius 2 is 1.78 bits per heavy atom. The number of para-hydroxylation sites is 1. The number of rotatable bonds is 6. The number of benzene rings is 1. The maximum absolute atomic E-state index is 12.8. The van der Waals surface area contributed by atoms with Gasteiger partial charge in [0.1, 0.15) is 0 Å². The van der Waals surface area contributed by atoms with E-state index in [1.165, 1.54) is 22.0 Å². The second kappa shape index (κ2) is 10.1. The highest BCUT2D eigenvalue weighted by Crippen LogP contribution is 2.21. The monoisotopic (exact) mass is 456 g/mol. The molecule has 1 fully saturated rings. The molecule has 8 nitrogen and oxygen atoms in total. The first-order valence-corrected chi connectivity index (χ1v) is 10.6. The first-order valence-electron chi connectivity index (χ1n) is 10.6. The number of carbonyl (C=O) groups excluding carboxylic acids is 1. The van der Waals surface area contributed by atoms with Crippen molar-refractivity contribution in [3.8, 4) is 11.8 Å². The van der Waals surface area contributed by atoms with Crippen LogP contribution in [0.25, 0.3) is 5.95 Å². The molecular formula is C23H29ClN6O2. The van der Waals surface area contributed by atoms with Gasteiger partial charge in [0.05, 0.1) is 17.5 Å². The number of aromatic nitrogens is 4. The van der Waals surface area contributed by atoms with Crippen LogP contribution in [-0.2, 0) is 0 Å². The van der Waals surface area contributed by atoms with Crippen LogP contribution in [0.1, 0.15) is 33.7 Å². The van der Waals surface area contributed by atoms with Crippen LogP contribution in [0.2, 0.25) is 0 Å². The average molecular weight is 457 g/mol. The van der Waals surface area contributed by atoms with Crippen LogP contribution < -0.4 is 4.90 Å². The van der Waals surface area contributed by atoms with E-state index in [4.69, 9.17) is 0 Å². The third-order valence-electron chi connectivity index (χ3n) is 5.81. The van der Waals surface area contributed by atoms with E-state index >= 15 is 0 Å². The molecule has 32 heavy (non-hydrogen) atoms. The number of hydrogen-bond acceptors (Lipinski definition) is 7. The number of piperazine rings is 1. The molecule has 0 unspecified atom stereocenters. The van der Waals surface area contributed by atoms with Crippen molar-refractivity contribution in [2.75, 3.05) is 37.6 Å². The zero-order chi connectivity index (χ0) is 22.0. The molecule has 1 aliphatic rings. The molecule has 1 saturated heterocycles. The van der Waals surface area contributed by atoms with E-state index in [9.17, 15) is 9.90 Å². The third-order valence-corrected chi connectivity index (χ3v) is 5.81. The van der Waals surface area contributed by atoms with Gasteiger partial charge in [-0.05, 0) is 32.4 Å². The minimum absolute atomic E-state index is 0. The fourth-order valence-electron chi connectivity index (χ4n) is 4.04. The van der Waals surface area contributed by atoms with Crippen LogP contribution >= 0.6 is 12.4 Å². The summed E-state index contributed by atoms with van der Waals surface area (Å²) in [6.07, 6.45) is 2.01. The number of Topliss-reactive ketones (excluding diaryl/α,β-unsaturated/α-hetero) is 1. The zero-order valence-corrected chi connectivity index (χ0v) is 19.5. The van der Waals surface area contributed by atoms with Gasteiger partial charge in [0.15, 0.2) is 5.78 Å². The molecule has 0 radical (unpaired) electrons. The normalized spacial score (nSPS) is 14.3. The van der Waals surface area contributed by atoms with Gasteiger partial charge in [0.2, 0.25) is 5.88 Å². The van der Waals surface area contributed by atoms with Gasteiger partial charge in [-0.25, -0.2) is 9.67 Å². The van der Waals surface area contributed by atoms with Gasteiger partial charge >= 0.3 is 0 Å². The van der Waals surface area contributed by atoms with E-state index < -0.39 is 0 Å². The lowest BCUT2D eigenvalue weighted by atomic mass is 10.1. The van der Waals surface area contributed by atoms with Crippen molar-refractivity contribution in [1.82, 2.24) is 24.6 Å². The van der Waals surface area contributed by atoms with Crippen LogP contribution in [0, 0.1) is 20.8 Å². The van der Waals surface area contributed by atoms with E-state index in [1.54, 1.807) is 13.1 Å². The van der Waals surface area contributed by atoms with Gasteiger partial charge in [-0.3, -0.25) is 9.69 Å². The summed E-state index contributed by atoms with van der Waals surface area (Å²) in [6, 6.07) is 9.95. The Hall–Kier alpha value is -2.97. The summed E-state index contributed by atoms with van der Waals surface area (Å²) in [7, 11) is 0. The van der Waals surface area contributed by atoms with Crippen molar-refractivity contribution in [2.45, 2.75) is 27.2 Å². The van der Waals surface area contributed by atoms with Crippen molar-refractivity contribution in [2.24, 2.45) is 0 Å². The Kier molecular flexibility index (Phi) is 7.48. The van der Waals surface area contributed by atoms with E-state index in [2.05, 4.69) is 56.1 Å². The lowest BCUT2D eigenvalue weighted by molar-refractivity contribution is 0.0962. The molecule has 1 aromatic carbocycles. The SMILES string of the molecule is Cc1cc(O)nc(-n2ncc(C(=O)CCN3CCN(c4ccccc4C)CC3)c2C)n1.Cl. The summed E-state index contributed by atoms with van der Waals surface area (Å²) in [5.41, 5.74) is 4.48. The minimum atomic E-state index is -0.116. The molecule has 3 heterocycles. The Morgan fingerprint density at radius 1 is 1.06 bits per heavy atom. The quantitative estimate of drug-likeness (QED) is 0.570. The molecule has 4 rings (SSSR count). The maximum atomic E-state index is 12.8. The van der Waals surface area contributed by atoms with Crippen LogP contribution in [0.3, 0.4) is 0 Å². The largest absolute Gasteiger partial charge is 0.493 e. The van der Waals surface area contributed by atoms with Crippen molar-refractivity contribution in [3.05, 3.63) is 59.0 Å².